The molecule has 0 radical (unpaired) electrons. The predicted molar refractivity (Wildman–Crippen MR) is 68.4 cm³/mol. The topological polar surface area (TPSA) is 38.5 Å². The fraction of sp³-hybridized carbons (Fsp3) is 0.538. The Balaban J connectivity index is 2.22. The number of nitrogens with two attached hydrogens (primary N) is 1. The molecule has 0 bridgehead atoms. The number of hydrogen-bond donors (Lipinski definition) is 1. The third-order valence-corrected chi connectivity index (χ3v) is 3.49. The third kappa shape index (κ3) is 2.88. The Morgan fingerprint density at radius 1 is 1.37 bits per heavy atom. The van der Waals surface area contributed by atoms with Gasteiger partial charge in [-0.25, -0.2) is 0 Å². The number of nitrogen functional groups attached to an aromatic ring is 1. The summed E-state index contributed by atoms with van der Waals surface area (Å²) in [4.78, 5) is 1.69. The van der Waals surface area contributed by atoms with Crippen LogP contribution < -0.4 is 15.4 Å². The molecule has 1 saturated heterocycles. The summed E-state index contributed by atoms with van der Waals surface area (Å²) in [6.45, 7) is 0.546. The van der Waals surface area contributed by atoms with Crippen LogP contribution in [0.2, 0.25) is 0 Å². The number of piperidine rings is 1. The van der Waals surface area contributed by atoms with Crippen molar-refractivity contribution >= 4 is 11.4 Å². The Labute approximate surface area is 110 Å². The summed E-state index contributed by atoms with van der Waals surface area (Å²) in [5.41, 5.74) is 6.95. The Morgan fingerprint density at radius 2 is 2.11 bits per heavy atom. The predicted octanol–water partition coefficient (Wildman–Crippen LogP) is 3.06. The summed E-state index contributed by atoms with van der Waals surface area (Å²) in [6, 6.07) is 5.17. The molecule has 2 N–H and O–H groups in total. The number of methoxy groups -OCH3 is 1. The van der Waals surface area contributed by atoms with Crippen molar-refractivity contribution in [3.05, 3.63) is 18.2 Å². The van der Waals surface area contributed by atoms with E-state index in [9.17, 15) is 13.2 Å². The van der Waals surface area contributed by atoms with Crippen molar-refractivity contribution < 1.29 is 17.9 Å². The van der Waals surface area contributed by atoms with Crippen LogP contribution >= 0.6 is 0 Å². The van der Waals surface area contributed by atoms with Gasteiger partial charge in [-0.1, -0.05) is 6.07 Å². The van der Waals surface area contributed by atoms with Crippen molar-refractivity contribution in [1.29, 1.82) is 0 Å². The van der Waals surface area contributed by atoms with Crippen LogP contribution in [-0.2, 0) is 0 Å². The number of nitrogens with zero attached hydrogens (tertiary/aromatic N) is 1. The van der Waals surface area contributed by atoms with Gasteiger partial charge in [0.1, 0.15) is 5.75 Å². The molecule has 106 valence electrons. The molecule has 1 heterocycles. The molecule has 0 aromatic heterocycles. The lowest BCUT2D eigenvalue weighted by atomic mass is 9.97. The molecular weight excluding hydrogens is 257 g/mol. The SMILES string of the molecule is COc1cccc(N2CCCC(C(F)(F)F)C2)c1N. The Hall–Kier alpha value is -1.59. The second-order valence-electron chi connectivity index (χ2n) is 4.72. The first-order valence-electron chi connectivity index (χ1n) is 6.17. The molecule has 1 aliphatic heterocycles. The fourth-order valence-corrected chi connectivity index (χ4v) is 2.45. The van der Waals surface area contributed by atoms with Gasteiger partial charge < -0.3 is 15.4 Å². The number of alkyl halides is 3. The van der Waals surface area contributed by atoms with Crippen molar-refractivity contribution in [3.63, 3.8) is 0 Å². The van der Waals surface area contributed by atoms with Crippen LogP contribution in [-0.4, -0.2) is 26.4 Å². The maximum absolute atomic E-state index is 12.8. The van der Waals surface area contributed by atoms with E-state index in [0.717, 1.165) is 0 Å². The average Bonchev–Trinajstić information content (AvgIpc) is 2.38. The quantitative estimate of drug-likeness (QED) is 0.842. The summed E-state index contributed by atoms with van der Waals surface area (Å²) in [7, 11) is 1.49. The lowest BCUT2D eigenvalue weighted by molar-refractivity contribution is -0.175. The lowest BCUT2D eigenvalue weighted by Crippen LogP contribution is -2.42. The van der Waals surface area contributed by atoms with E-state index in [4.69, 9.17) is 10.5 Å². The Morgan fingerprint density at radius 3 is 2.74 bits per heavy atom. The minimum Gasteiger partial charge on any atom is -0.495 e. The van der Waals surface area contributed by atoms with Gasteiger partial charge in [0, 0.05) is 13.1 Å². The van der Waals surface area contributed by atoms with Gasteiger partial charge in [0.05, 0.1) is 24.4 Å². The van der Waals surface area contributed by atoms with E-state index in [1.54, 1.807) is 23.1 Å². The molecule has 1 atom stereocenters. The highest BCUT2D eigenvalue weighted by Crippen LogP contribution is 2.38. The maximum Gasteiger partial charge on any atom is 0.393 e. The standard InChI is InChI=1S/C13H17F3N2O/c1-19-11-6-2-5-10(12(11)17)18-7-3-4-9(8-18)13(14,15)16/h2,5-6,9H,3-4,7-8,17H2,1H3. The van der Waals surface area contributed by atoms with Gasteiger partial charge in [-0.05, 0) is 25.0 Å². The van der Waals surface area contributed by atoms with Crippen LogP contribution in [0.5, 0.6) is 5.75 Å². The number of ether oxygens (including phenoxy) is 1. The van der Waals surface area contributed by atoms with E-state index >= 15 is 0 Å². The van der Waals surface area contributed by atoms with E-state index in [2.05, 4.69) is 0 Å². The van der Waals surface area contributed by atoms with Gasteiger partial charge in [-0.2, -0.15) is 13.2 Å². The van der Waals surface area contributed by atoms with Crippen molar-refractivity contribution in [3.8, 4) is 5.75 Å². The smallest absolute Gasteiger partial charge is 0.393 e. The summed E-state index contributed by atoms with van der Waals surface area (Å²) >= 11 is 0. The number of hydrogen-bond acceptors (Lipinski definition) is 3. The third-order valence-electron chi connectivity index (χ3n) is 3.49. The minimum absolute atomic E-state index is 0.0408. The minimum atomic E-state index is -4.15. The molecule has 6 heteroatoms. The molecular formula is C13H17F3N2O. The van der Waals surface area contributed by atoms with Gasteiger partial charge in [0.15, 0.2) is 0 Å². The van der Waals surface area contributed by atoms with Crippen molar-refractivity contribution in [2.45, 2.75) is 19.0 Å². The van der Waals surface area contributed by atoms with Crippen molar-refractivity contribution in [2.75, 3.05) is 30.8 Å². The molecule has 1 aliphatic rings. The molecule has 19 heavy (non-hydrogen) atoms. The first-order valence-corrected chi connectivity index (χ1v) is 6.17. The molecule has 0 aliphatic carbocycles. The number of benzene rings is 1. The summed E-state index contributed by atoms with van der Waals surface area (Å²) in [6.07, 6.45) is -3.45. The second kappa shape index (κ2) is 5.19. The van der Waals surface area contributed by atoms with Crippen molar-refractivity contribution in [2.24, 2.45) is 5.92 Å². The zero-order valence-electron chi connectivity index (χ0n) is 10.7. The van der Waals surface area contributed by atoms with Crippen LogP contribution in [0.3, 0.4) is 0 Å². The number of halogens is 3. The zero-order valence-corrected chi connectivity index (χ0v) is 10.7. The summed E-state index contributed by atoms with van der Waals surface area (Å²) in [5, 5.41) is 0. The molecule has 1 aromatic rings. The van der Waals surface area contributed by atoms with Crippen LogP contribution in [0.15, 0.2) is 18.2 Å². The van der Waals surface area contributed by atoms with Gasteiger partial charge in [0.2, 0.25) is 0 Å². The van der Waals surface area contributed by atoms with Crippen LogP contribution in [0.4, 0.5) is 24.5 Å². The number of anilines is 2. The van der Waals surface area contributed by atoms with E-state index in [0.29, 0.717) is 30.1 Å². The summed E-state index contributed by atoms with van der Waals surface area (Å²) in [5.74, 6) is -0.793. The monoisotopic (exact) mass is 274 g/mol. The molecule has 1 aromatic carbocycles. The van der Waals surface area contributed by atoms with Gasteiger partial charge in [0.25, 0.3) is 0 Å². The lowest BCUT2D eigenvalue weighted by Gasteiger charge is -2.36. The number of para-hydroxylation sites is 1. The zero-order chi connectivity index (χ0) is 14.0. The molecule has 2 rings (SSSR count). The normalized spacial score (nSPS) is 20.4. The van der Waals surface area contributed by atoms with Crippen LogP contribution in [0.25, 0.3) is 0 Å². The fourth-order valence-electron chi connectivity index (χ4n) is 2.45. The van der Waals surface area contributed by atoms with E-state index in [-0.39, 0.29) is 13.0 Å². The van der Waals surface area contributed by atoms with Crippen LogP contribution in [0, 0.1) is 5.92 Å². The molecule has 0 amide bonds. The first kappa shape index (κ1) is 13.8. The molecule has 3 nitrogen and oxygen atoms in total. The van der Waals surface area contributed by atoms with Gasteiger partial charge in [-0.15, -0.1) is 0 Å². The van der Waals surface area contributed by atoms with Crippen LogP contribution in [0.1, 0.15) is 12.8 Å². The second-order valence-corrected chi connectivity index (χ2v) is 4.72. The highest BCUT2D eigenvalue weighted by atomic mass is 19.4. The molecule has 0 saturated carbocycles. The van der Waals surface area contributed by atoms with Gasteiger partial charge >= 0.3 is 6.18 Å². The molecule has 1 fully saturated rings. The molecule has 0 spiro atoms. The van der Waals surface area contributed by atoms with Gasteiger partial charge in [-0.3, -0.25) is 0 Å². The van der Waals surface area contributed by atoms with Crippen molar-refractivity contribution in [1.82, 2.24) is 0 Å². The highest BCUT2D eigenvalue weighted by molar-refractivity contribution is 5.74. The highest BCUT2D eigenvalue weighted by Gasteiger charge is 2.42. The summed E-state index contributed by atoms with van der Waals surface area (Å²) < 4.78 is 43.5. The first-order chi connectivity index (χ1) is 8.93. The Bertz CT molecular complexity index is 448. The average molecular weight is 274 g/mol. The Kier molecular flexibility index (Phi) is 3.78. The number of rotatable bonds is 2. The maximum atomic E-state index is 12.8. The van der Waals surface area contributed by atoms with E-state index in [1.165, 1.54) is 7.11 Å². The largest absolute Gasteiger partial charge is 0.495 e. The van der Waals surface area contributed by atoms with E-state index in [1.807, 2.05) is 0 Å². The van der Waals surface area contributed by atoms with E-state index < -0.39 is 12.1 Å². The molecule has 1 unspecified atom stereocenters.